The van der Waals surface area contributed by atoms with Crippen LogP contribution in [0.15, 0.2) is 0 Å². The summed E-state index contributed by atoms with van der Waals surface area (Å²) in [4.78, 5) is 40.6. The van der Waals surface area contributed by atoms with Gasteiger partial charge in [-0.15, -0.1) is 0 Å². The lowest BCUT2D eigenvalue weighted by Gasteiger charge is -2.36. The van der Waals surface area contributed by atoms with E-state index in [9.17, 15) is 14.4 Å². The van der Waals surface area contributed by atoms with Crippen molar-refractivity contribution in [3.05, 3.63) is 0 Å². The van der Waals surface area contributed by atoms with E-state index in [1.165, 1.54) is 0 Å². The number of imide groups is 1. The summed E-state index contributed by atoms with van der Waals surface area (Å²) in [7, 11) is 0. The highest BCUT2D eigenvalue weighted by molar-refractivity contribution is 6.09. The van der Waals surface area contributed by atoms with E-state index in [1.807, 2.05) is 6.92 Å². The molecule has 4 amide bonds. The number of amides is 4. The molecule has 2 aliphatic heterocycles. The molecule has 3 rings (SSSR count). The van der Waals surface area contributed by atoms with Crippen LogP contribution in [0.2, 0.25) is 0 Å². The Kier molecular flexibility index (Phi) is 5.58. The molecular weight excluding hydrogens is 322 g/mol. The van der Waals surface area contributed by atoms with Crippen LogP contribution in [-0.4, -0.2) is 79.0 Å². The first-order valence-electron chi connectivity index (χ1n) is 9.37. The number of hydrogen-bond donors (Lipinski definition) is 3. The van der Waals surface area contributed by atoms with Gasteiger partial charge < -0.3 is 16.0 Å². The summed E-state index contributed by atoms with van der Waals surface area (Å²) in [5, 5.41) is 8.99. The predicted molar refractivity (Wildman–Crippen MR) is 92.9 cm³/mol. The molecule has 1 aliphatic carbocycles. The number of hydrogen-bond acceptors (Lipinski definition) is 5. The first-order chi connectivity index (χ1) is 12.0. The third kappa shape index (κ3) is 3.79. The summed E-state index contributed by atoms with van der Waals surface area (Å²) < 4.78 is 0. The van der Waals surface area contributed by atoms with Crippen molar-refractivity contribution >= 4 is 17.8 Å². The normalized spacial score (nSPS) is 30.6. The third-order valence-electron chi connectivity index (χ3n) is 5.76. The highest BCUT2D eigenvalue weighted by Gasteiger charge is 2.55. The van der Waals surface area contributed by atoms with Gasteiger partial charge in [0.25, 0.3) is 5.91 Å². The van der Waals surface area contributed by atoms with E-state index in [0.717, 1.165) is 56.9 Å². The Morgan fingerprint density at radius 1 is 1.28 bits per heavy atom. The molecule has 2 unspecified atom stereocenters. The average Bonchev–Trinajstić information content (AvgIpc) is 2.84. The quantitative estimate of drug-likeness (QED) is 0.581. The van der Waals surface area contributed by atoms with Crippen molar-refractivity contribution < 1.29 is 14.4 Å². The molecule has 140 valence electrons. The molecule has 8 heteroatoms. The van der Waals surface area contributed by atoms with E-state index >= 15 is 0 Å². The highest BCUT2D eigenvalue weighted by atomic mass is 16.2. The number of piperazine rings is 1. The van der Waals surface area contributed by atoms with Crippen molar-refractivity contribution in [1.82, 2.24) is 25.8 Å². The van der Waals surface area contributed by atoms with Crippen LogP contribution < -0.4 is 16.0 Å². The second-order valence-electron chi connectivity index (χ2n) is 7.38. The van der Waals surface area contributed by atoms with E-state index in [-0.39, 0.29) is 24.3 Å². The molecule has 0 aromatic heterocycles. The number of carbonyl (C=O) groups excluding carboxylic acids is 3. The molecule has 8 nitrogen and oxygen atoms in total. The van der Waals surface area contributed by atoms with Crippen molar-refractivity contribution in [1.29, 1.82) is 0 Å². The lowest BCUT2D eigenvalue weighted by molar-refractivity contribution is -0.137. The zero-order valence-electron chi connectivity index (χ0n) is 15.0. The second-order valence-corrected chi connectivity index (χ2v) is 7.38. The maximum absolute atomic E-state index is 12.8. The van der Waals surface area contributed by atoms with Crippen molar-refractivity contribution in [3.8, 4) is 0 Å². The number of carbonyl (C=O) groups is 3. The van der Waals surface area contributed by atoms with Gasteiger partial charge in [0.1, 0.15) is 12.1 Å². The highest BCUT2D eigenvalue weighted by Crippen LogP contribution is 2.38. The largest absolute Gasteiger partial charge is 0.353 e. The van der Waals surface area contributed by atoms with Gasteiger partial charge in [-0.05, 0) is 18.8 Å². The van der Waals surface area contributed by atoms with Crippen molar-refractivity contribution in [2.24, 2.45) is 5.92 Å². The first kappa shape index (κ1) is 18.1. The monoisotopic (exact) mass is 351 g/mol. The minimum Gasteiger partial charge on any atom is -0.353 e. The SMILES string of the molecule is CC1CCCCC12NC(=O)N(CC(=O)NCCN1CCNCC1)C2=O. The molecule has 0 aromatic rings. The van der Waals surface area contributed by atoms with Crippen LogP contribution in [0, 0.1) is 5.92 Å². The zero-order valence-corrected chi connectivity index (χ0v) is 15.0. The van der Waals surface area contributed by atoms with Crippen LogP contribution >= 0.6 is 0 Å². The molecule has 2 atom stereocenters. The van der Waals surface area contributed by atoms with E-state index in [2.05, 4.69) is 20.9 Å². The van der Waals surface area contributed by atoms with Gasteiger partial charge >= 0.3 is 6.03 Å². The van der Waals surface area contributed by atoms with Crippen LogP contribution in [0.5, 0.6) is 0 Å². The fraction of sp³-hybridized carbons (Fsp3) is 0.824. The Morgan fingerprint density at radius 3 is 2.76 bits per heavy atom. The molecule has 3 N–H and O–H groups in total. The summed E-state index contributed by atoms with van der Waals surface area (Å²) in [5.74, 6) is -0.403. The first-order valence-corrected chi connectivity index (χ1v) is 9.37. The van der Waals surface area contributed by atoms with Crippen LogP contribution in [-0.2, 0) is 9.59 Å². The zero-order chi connectivity index (χ0) is 17.9. The average molecular weight is 351 g/mol. The molecule has 0 radical (unpaired) electrons. The van der Waals surface area contributed by atoms with E-state index in [0.29, 0.717) is 13.0 Å². The van der Waals surface area contributed by atoms with Crippen LogP contribution in [0.1, 0.15) is 32.6 Å². The number of nitrogens with one attached hydrogen (secondary N) is 3. The summed E-state index contributed by atoms with van der Waals surface area (Å²) in [5.41, 5.74) is -0.795. The number of rotatable bonds is 5. The number of urea groups is 1. The van der Waals surface area contributed by atoms with E-state index < -0.39 is 11.6 Å². The summed E-state index contributed by atoms with van der Waals surface area (Å²) in [6, 6.07) is -0.434. The van der Waals surface area contributed by atoms with Crippen LogP contribution in [0.3, 0.4) is 0 Å². The molecule has 0 aromatic carbocycles. The van der Waals surface area contributed by atoms with Gasteiger partial charge in [-0.25, -0.2) is 4.79 Å². The van der Waals surface area contributed by atoms with Gasteiger partial charge in [0, 0.05) is 39.3 Å². The molecular formula is C17H29N5O3. The van der Waals surface area contributed by atoms with Gasteiger partial charge in [-0.1, -0.05) is 19.8 Å². The molecule has 3 fully saturated rings. The van der Waals surface area contributed by atoms with Crippen molar-refractivity contribution in [3.63, 3.8) is 0 Å². The van der Waals surface area contributed by atoms with Gasteiger partial charge in [0.2, 0.25) is 5.91 Å². The fourth-order valence-electron chi connectivity index (χ4n) is 4.13. The Morgan fingerprint density at radius 2 is 2.04 bits per heavy atom. The maximum atomic E-state index is 12.8. The number of nitrogens with zero attached hydrogens (tertiary/aromatic N) is 2. The Bertz CT molecular complexity index is 534. The summed E-state index contributed by atoms with van der Waals surface area (Å²) in [6.45, 7) is 7.02. The Balaban J connectivity index is 1.49. The lowest BCUT2D eigenvalue weighted by Crippen LogP contribution is -2.54. The van der Waals surface area contributed by atoms with Gasteiger partial charge in [-0.3, -0.25) is 19.4 Å². The molecule has 3 aliphatic rings. The minimum atomic E-state index is -0.795. The Hall–Kier alpha value is -1.67. The fourth-order valence-corrected chi connectivity index (χ4v) is 4.13. The van der Waals surface area contributed by atoms with Crippen molar-refractivity contribution in [2.45, 2.75) is 38.1 Å². The standard InChI is InChI=1S/C17H29N5O3/c1-13-4-2-3-5-17(13)15(24)22(16(25)20-17)12-14(23)19-8-11-21-9-6-18-7-10-21/h13,18H,2-12H2,1H3,(H,19,23)(H,20,25). The Labute approximate surface area is 148 Å². The maximum Gasteiger partial charge on any atom is 0.325 e. The van der Waals surface area contributed by atoms with E-state index in [1.54, 1.807) is 0 Å². The molecule has 1 saturated carbocycles. The van der Waals surface area contributed by atoms with Crippen LogP contribution in [0.25, 0.3) is 0 Å². The molecule has 2 saturated heterocycles. The van der Waals surface area contributed by atoms with Gasteiger partial charge in [0.15, 0.2) is 0 Å². The van der Waals surface area contributed by atoms with Gasteiger partial charge in [0.05, 0.1) is 0 Å². The third-order valence-corrected chi connectivity index (χ3v) is 5.76. The summed E-state index contributed by atoms with van der Waals surface area (Å²) >= 11 is 0. The smallest absolute Gasteiger partial charge is 0.325 e. The summed E-state index contributed by atoms with van der Waals surface area (Å²) in [6.07, 6.45) is 3.61. The predicted octanol–water partition coefficient (Wildman–Crippen LogP) is -0.491. The molecule has 2 heterocycles. The van der Waals surface area contributed by atoms with E-state index in [4.69, 9.17) is 0 Å². The molecule has 0 bridgehead atoms. The second kappa shape index (κ2) is 7.70. The van der Waals surface area contributed by atoms with Gasteiger partial charge in [-0.2, -0.15) is 0 Å². The molecule has 25 heavy (non-hydrogen) atoms. The lowest BCUT2D eigenvalue weighted by atomic mass is 9.73. The minimum absolute atomic E-state index is 0.110. The van der Waals surface area contributed by atoms with Crippen molar-refractivity contribution in [2.75, 3.05) is 45.8 Å². The topological polar surface area (TPSA) is 93.8 Å². The van der Waals surface area contributed by atoms with Crippen LogP contribution in [0.4, 0.5) is 4.79 Å². The molecule has 1 spiro atoms.